The average molecular weight is 343 g/mol. The highest BCUT2D eigenvalue weighted by Crippen LogP contribution is 2.29. The fraction of sp³-hybridized carbons (Fsp3) is 0.235. The highest BCUT2D eigenvalue weighted by molar-refractivity contribution is 5.49. The van der Waals surface area contributed by atoms with Crippen molar-refractivity contribution in [2.24, 2.45) is 4.99 Å². The number of hydrogen-bond donors (Lipinski definition) is 1. The molecular formula is C17H17N3O5. The monoisotopic (exact) mass is 343 g/mol. The van der Waals surface area contributed by atoms with Gasteiger partial charge >= 0.3 is 0 Å². The maximum Gasteiger partial charge on any atom is 0.269 e. The van der Waals surface area contributed by atoms with E-state index >= 15 is 0 Å². The van der Waals surface area contributed by atoms with Crippen LogP contribution in [0.2, 0.25) is 0 Å². The van der Waals surface area contributed by atoms with Crippen molar-refractivity contribution in [2.45, 2.75) is 13.1 Å². The van der Waals surface area contributed by atoms with Gasteiger partial charge in [-0.3, -0.25) is 20.3 Å². The molecule has 0 aliphatic carbocycles. The zero-order valence-corrected chi connectivity index (χ0v) is 14.0. The molecule has 1 heterocycles. The Morgan fingerprint density at radius 3 is 2.52 bits per heavy atom. The third kappa shape index (κ3) is 2.87. The van der Waals surface area contributed by atoms with Crippen LogP contribution in [0.4, 0.5) is 5.69 Å². The Morgan fingerprint density at radius 2 is 1.88 bits per heavy atom. The van der Waals surface area contributed by atoms with Crippen molar-refractivity contribution in [1.29, 1.82) is 0 Å². The van der Waals surface area contributed by atoms with Gasteiger partial charge in [-0.1, -0.05) is 12.1 Å². The second-order valence-electron chi connectivity index (χ2n) is 5.51. The van der Waals surface area contributed by atoms with Crippen molar-refractivity contribution in [2.75, 3.05) is 14.2 Å². The van der Waals surface area contributed by atoms with E-state index in [-0.39, 0.29) is 5.69 Å². The Kier molecular flexibility index (Phi) is 4.28. The molecule has 1 aliphatic rings. The molecule has 0 spiro atoms. The van der Waals surface area contributed by atoms with Gasteiger partial charge in [0.2, 0.25) is 0 Å². The predicted molar refractivity (Wildman–Crippen MR) is 88.9 cm³/mol. The average Bonchev–Trinajstić information content (AvgIpc) is 2.63. The Balaban J connectivity index is 2.19. The lowest BCUT2D eigenvalue weighted by atomic mass is 10.1. The standard InChI is InChI=1S/C17H17N3O5/c1-10-13-8-15(24-2)16(25-3)9-14(13)18-17(19(10)21)11-5-4-6-12(7-11)20(22)23/h4-9,17,21H,1-3H3. The molecule has 0 bridgehead atoms. The number of ether oxygens (including phenoxy) is 2. The molecular weight excluding hydrogens is 326 g/mol. The largest absolute Gasteiger partial charge is 0.493 e. The number of nitrogens with zero attached hydrogens (tertiary/aromatic N) is 3. The first kappa shape index (κ1) is 16.7. The van der Waals surface area contributed by atoms with Gasteiger partial charge in [-0.2, -0.15) is 0 Å². The van der Waals surface area contributed by atoms with Gasteiger partial charge in [-0.15, -0.1) is 0 Å². The highest BCUT2D eigenvalue weighted by Gasteiger charge is 2.24. The van der Waals surface area contributed by atoms with Gasteiger partial charge in [0, 0.05) is 29.0 Å². The van der Waals surface area contributed by atoms with Crippen molar-refractivity contribution < 1.29 is 19.6 Å². The van der Waals surface area contributed by atoms with Gasteiger partial charge in [0.05, 0.1) is 30.2 Å². The van der Waals surface area contributed by atoms with Crippen LogP contribution in [0.1, 0.15) is 18.7 Å². The van der Waals surface area contributed by atoms with E-state index in [1.165, 1.54) is 26.4 Å². The lowest BCUT2D eigenvalue weighted by Crippen LogP contribution is -2.40. The molecule has 8 nitrogen and oxygen atoms in total. The summed E-state index contributed by atoms with van der Waals surface area (Å²) in [5, 5.41) is 23.8. The van der Waals surface area contributed by atoms with Gasteiger partial charge in [-0.05, 0) is 13.0 Å². The summed E-state index contributed by atoms with van der Waals surface area (Å²) >= 11 is 0. The van der Waals surface area contributed by atoms with Crippen LogP contribution in [0.5, 0.6) is 11.5 Å². The van der Waals surface area contributed by atoms with Crippen LogP contribution in [-0.2, 0) is 0 Å². The number of nitro benzene ring substituents is 1. The molecule has 1 aliphatic heterocycles. The minimum Gasteiger partial charge on any atom is -0.493 e. The summed E-state index contributed by atoms with van der Waals surface area (Å²) in [5.41, 5.74) is 1.01. The number of rotatable bonds is 4. The van der Waals surface area contributed by atoms with Gasteiger partial charge in [-0.25, -0.2) is 5.06 Å². The maximum atomic E-state index is 11.0. The number of fused-ring (bicyclic) bond motifs is 1. The van der Waals surface area contributed by atoms with Crippen LogP contribution >= 0.6 is 0 Å². The lowest BCUT2D eigenvalue weighted by molar-refractivity contribution is -0.385. The molecule has 25 heavy (non-hydrogen) atoms. The molecule has 0 aromatic heterocycles. The minimum atomic E-state index is -0.787. The Hall–Kier alpha value is -3.13. The van der Waals surface area contributed by atoms with Gasteiger partial charge in [0.15, 0.2) is 17.7 Å². The Labute approximate surface area is 143 Å². The third-order valence-corrected chi connectivity index (χ3v) is 4.11. The fourth-order valence-corrected chi connectivity index (χ4v) is 2.77. The molecule has 0 saturated heterocycles. The topological polar surface area (TPSA) is 97.4 Å². The molecule has 1 unspecified atom stereocenters. The van der Waals surface area contributed by atoms with Gasteiger partial charge < -0.3 is 9.47 Å². The van der Waals surface area contributed by atoms with E-state index < -0.39 is 11.1 Å². The van der Waals surface area contributed by atoms with Crippen molar-refractivity contribution >= 4 is 11.4 Å². The van der Waals surface area contributed by atoms with E-state index in [4.69, 9.17) is 9.47 Å². The number of methoxy groups -OCH3 is 2. The van der Waals surface area contributed by atoms with E-state index in [9.17, 15) is 15.3 Å². The first-order valence-corrected chi connectivity index (χ1v) is 7.49. The summed E-state index contributed by atoms with van der Waals surface area (Å²) in [5.74, 6) is 1.04. The predicted octanol–water partition coefficient (Wildman–Crippen LogP) is 1.76. The molecule has 2 aromatic rings. The number of benzene rings is 2. The van der Waals surface area contributed by atoms with Gasteiger partial charge in [0.25, 0.3) is 5.69 Å². The van der Waals surface area contributed by atoms with E-state index in [2.05, 4.69) is 4.99 Å². The van der Waals surface area contributed by atoms with E-state index in [0.29, 0.717) is 33.3 Å². The number of hydrogen-bond acceptors (Lipinski definition) is 7. The van der Waals surface area contributed by atoms with Crippen molar-refractivity contribution in [3.8, 4) is 11.5 Å². The smallest absolute Gasteiger partial charge is 0.269 e. The molecule has 8 heteroatoms. The zero-order chi connectivity index (χ0) is 18.1. The minimum absolute atomic E-state index is 0.0585. The van der Waals surface area contributed by atoms with Crippen LogP contribution in [0.15, 0.2) is 41.4 Å². The summed E-state index contributed by atoms with van der Waals surface area (Å²) in [6, 6.07) is 9.50. The fourth-order valence-electron chi connectivity index (χ4n) is 2.77. The zero-order valence-electron chi connectivity index (χ0n) is 14.0. The first-order valence-electron chi connectivity index (χ1n) is 7.49. The highest BCUT2D eigenvalue weighted by atomic mass is 16.6. The summed E-state index contributed by atoms with van der Waals surface area (Å²) in [6.45, 7) is 1.74. The molecule has 3 rings (SSSR count). The van der Waals surface area contributed by atoms with Crippen LogP contribution in [-0.4, -0.2) is 29.4 Å². The van der Waals surface area contributed by atoms with Crippen LogP contribution < -0.4 is 20.0 Å². The summed E-state index contributed by atoms with van der Waals surface area (Å²) in [6.07, 6.45) is -0.787. The summed E-state index contributed by atoms with van der Waals surface area (Å²) in [7, 11) is 3.06. The lowest BCUT2D eigenvalue weighted by Gasteiger charge is -2.28. The third-order valence-electron chi connectivity index (χ3n) is 4.11. The van der Waals surface area contributed by atoms with Crippen molar-refractivity contribution in [1.82, 2.24) is 5.06 Å². The molecule has 0 amide bonds. The van der Waals surface area contributed by atoms with Crippen LogP contribution in [0.25, 0.3) is 5.70 Å². The summed E-state index contributed by atoms with van der Waals surface area (Å²) in [4.78, 5) is 15.0. The number of non-ortho nitro benzene ring substituents is 1. The first-order chi connectivity index (χ1) is 12.0. The Morgan fingerprint density at radius 1 is 1.20 bits per heavy atom. The van der Waals surface area contributed by atoms with E-state index in [0.717, 1.165) is 5.06 Å². The molecule has 0 fully saturated rings. The number of hydroxylamine groups is 2. The van der Waals surface area contributed by atoms with E-state index in [1.807, 2.05) is 0 Å². The molecule has 0 radical (unpaired) electrons. The molecule has 0 saturated carbocycles. The van der Waals surface area contributed by atoms with Crippen LogP contribution in [0.3, 0.4) is 0 Å². The summed E-state index contributed by atoms with van der Waals surface area (Å²) < 4.78 is 10.6. The maximum absolute atomic E-state index is 11.0. The molecule has 1 atom stereocenters. The van der Waals surface area contributed by atoms with E-state index in [1.54, 1.807) is 31.2 Å². The molecule has 130 valence electrons. The second-order valence-corrected chi connectivity index (χ2v) is 5.51. The van der Waals surface area contributed by atoms with Gasteiger partial charge in [0.1, 0.15) is 0 Å². The second kappa shape index (κ2) is 6.40. The molecule has 1 N–H and O–H groups in total. The Bertz CT molecular complexity index is 957. The van der Waals surface area contributed by atoms with Crippen molar-refractivity contribution in [3.05, 3.63) is 62.7 Å². The van der Waals surface area contributed by atoms with Crippen LogP contribution in [0, 0.1) is 10.1 Å². The van der Waals surface area contributed by atoms with Crippen molar-refractivity contribution in [3.63, 3.8) is 0 Å². The SMILES string of the molecule is COc1cc2c(cc1OC)=C(C)N(O)C(c1cccc([N+](=O)[O-])c1)N=2. The number of nitro groups is 1. The normalized spacial score (nSPS) is 16.1. The molecule has 2 aromatic carbocycles. The quantitative estimate of drug-likeness (QED) is 0.671.